The molecule has 2 amide bonds. The van der Waals surface area contributed by atoms with Gasteiger partial charge in [0.05, 0.1) is 12.0 Å². The van der Waals surface area contributed by atoms with E-state index in [0.717, 1.165) is 12.8 Å². The summed E-state index contributed by atoms with van der Waals surface area (Å²) in [6.07, 6.45) is 7.19. The first-order valence-electron chi connectivity index (χ1n) is 9.15. The second-order valence-corrected chi connectivity index (χ2v) is 7.04. The summed E-state index contributed by atoms with van der Waals surface area (Å²) in [5.41, 5.74) is -0.759. The minimum absolute atomic E-state index is 0.0959. The Morgan fingerprint density at radius 3 is 2.21 bits per heavy atom. The molecule has 0 aromatic rings. The molecule has 1 unspecified atom stereocenters. The molecule has 0 aromatic carbocycles. The highest BCUT2D eigenvalue weighted by atomic mass is 16.4. The normalized spacial score (nSPS) is 17.1. The van der Waals surface area contributed by atoms with Crippen LogP contribution >= 0.6 is 0 Å². The van der Waals surface area contributed by atoms with Gasteiger partial charge in [0.25, 0.3) is 0 Å². The lowest BCUT2D eigenvalue weighted by Gasteiger charge is -2.32. The maximum Gasteiger partial charge on any atom is 0.305 e. The number of hydrogen-bond acceptors (Lipinski definition) is 3. The Bertz CT molecular complexity index is 440. The van der Waals surface area contributed by atoms with Gasteiger partial charge >= 0.3 is 5.97 Å². The van der Waals surface area contributed by atoms with Gasteiger partial charge < -0.3 is 15.7 Å². The topological polar surface area (TPSA) is 95.5 Å². The predicted molar refractivity (Wildman–Crippen MR) is 92.5 cm³/mol. The zero-order chi connectivity index (χ0) is 18.2. The summed E-state index contributed by atoms with van der Waals surface area (Å²) in [6.45, 7) is 5.36. The number of nitrogens with one attached hydrogen (secondary N) is 2. The second kappa shape index (κ2) is 9.64. The molecule has 0 heterocycles. The van der Waals surface area contributed by atoms with Crippen LogP contribution in [0, 0.1) is 5.92 Å². The van der Waals surface area contributed by atoms with Crippen molar-refractivity contribution in [3.8, 4) is 0 Å². The van der Waals surface area contributed by atoms with Gasteiger partial charge in [-0.2, -0.15) is 0 Å². The van der Waals surface area contributed by atoms with E-state index in [1.54, 1.807) is 6.92 Å². The first kappa shape index (κ1) is 20.5. The van der Waals surface area contributed by atoms with Gasteiger partial charge in [0, 0.05) is 6.42 Å². The molecule has 0 bridgehead atoms. The minimum Gasteiger partial charge on any atom is -0.481 e. The van der Waals surface area contributed by atoms with Crippen LogP contribution < -0.4 is 10.6 Å². The first-order chi connectivity index (χ1) is 11.3. The highest BCUT2D eigenvalue weighted by Gasteiger charge is 2.32. The van der Waals surface area contributed by atoms with Crippen molar-refractivity contribution >= 4 is 17.8 Å². The molecule has 0 radical (unpaired) electrons. The largest absolute Gasteiger partial charge is 0.481 e. The molecule has 1 rings (SSSR count). The lowest BCUT2D eigenvalue weighted by Crippen LogP contribution is -2.55. The van der Waals surface area contributed by atoms with E-state index in [9.17, 15) is 14.4 Å². The highest BCUT2D eigenvalue weighted by Crippen LogP contribution is 2.26. The van der Waals surface area contributed by atoms with Crippen LogP contribution in [0.3, 0.4) is 0 Å². The number of carbonyl (C=O) groups is 3. The Morgan fingerprint density at radius 1 is 1.12 bits per heavy atom. The number of amides is 2. The van der Waals surface area contributed by atoms with Crippen molar-refractivity contribution in [1.29, 1.82) is 0 Å². The molecule has 6 nitrogen and oxygen atoms in total. The van der Waals surface area contributed by atoms with Crippen LogP contribution in [0.2, 0.25) is 0 Å². The van der Waals surface area contributed by atoms with E-state index in [1.807, 2.05) is 13.8 Å². The molecule has 1 aliphatic rings. The van der Waals surface area contributed by atoms with Crippen molar-refractivity contribution in [2.24, 2.45) is 5.92 Å². The maximum absolute atomic E-state index is 12.4. The number of hydrogen-bond donors (Lipinski definition) is 3. The molecule has 1 aliphatic carbocycles. The molecular weight excluding hydrogens is 308 g/mol. The van der Waals surface area contributed by atoms with Crippen LogP contribution in [-0.2, 0) is 14.4 Å². The fraction of sp³-hybridized carbons (Fsp3) is 0.833. The molecule has 1 saturated carbocycles. The van der Waals surface area contributed by atoms with Crippen LogP contribution in [0.25, 0.3) is 0 Å². The predicted octanol–water partition coefficient (Wildman–Crippen LogP) is 2.61. The summed E-state index contributed by atoms with van der Waals surface area (Å²) >= 11 is 0. The Labute approximate surface area is 144 Å². The third kappa shape index (κ3) is 6.49. The first-order valence-corrected chi connectivity index (χ1v) is 9.15. The lowest BCUT2D eigenvalue weighted by molar-refractivity contribution is -0.139. The van der Waals surface area contributed by atoms with Crippen molar-refractivity contribution in [2.75, 3.05) is 0 Å². The van der Waals surface area contributed by atoms with Gasteiger partial charge in [-0.25, -0.2) is 0 Å². The van der Waals surface area contributed by atoms with Crippen LogP contribution in [-0.4, -0.2) is 34.5 Å². The molecule has 1 fully saturated rings. The van der Waals surface area contributed by atoms with E-state index < -0.39 is 17.6 Å². The molecule has 138 valence electrons. The third-order valence-corrected chi connectivity index (χ3v) is 5.20. The van der Waals surface area contributed by atoms with Gasteiger partial charge in [-0.1, -0.05) is 33.1 Å². The SMILES string of the molecule is CCC(CC)(CC(=O)O)NC(=O)C(C)NC(=O)CC1CCCCC1. The van der Waals surface area contributed by atoms with E-state index in [0.29, 0.717) is 25.2 Å². The number of rotatable bonds is 9. The standard InChI is InChI=1S/C18H32N2O4/c1-4-18(5-2,12-16(22)23)20-17(24)13(3)19-15(21)11-14-9-7-6-8-10-14/h13-14H,4-12H2,1-3H3,(H,19,21)(H,20,24)(H,22,23). The van der Waals surface area contributed by atoms with E-state index in [-0.39, 0.29) is 18.2 Å². The van der Waals surface area contributed by atoms with Crippen LogP contribution in [0.4, 0.5) is 0 Å². The Kier molecular flexibility index (Phi) is 8.22. The Balaban J connectivity index is 2.52. The quantitative estimate of drug-likeness (QED) is 0.601. The summed E-state index contributed by atoms with van der Waals surface area (Å²) in [5, 5.41) is 14.7. The number of carboxylic acid groups (broad SMARTS) is 1. The smallest absolute Gasteiger partial charge is 0.305 e. The molecule has 0 saturated heterocycles. The van der Waals surface area contributed by atoms with Gasteiger partial charge in [0.1, 0.15) is 6.04 Å². The van der Waals surface area contributed by atoms with Crippen molar-refractivity contribution in [1.82, 2.24) is 10.6 Å². The second-order valence-electron chi connectivity index (χ2n) is 7.04. The van der Waals surface area contributed by atoms with E-state index in [1.165, 1.54) is 19.3 Å². The summed E-state index contributed by atoms with van der Waals surface area (Å²) in [6, 6.07) is -0.660. The number of carbonyl (C=O) groups excluding carboxylic acids is 2. The summed E-state index contributed by atoms with van der Waals surface area (Å²) in [5.74, 6) is -0.933. The number of aliphatic carboxylic acids is 1. The van der Waals surface area contributed by atoms with E-state index >= 15 is 0 Å². The van der Waals surface area contributed by atoms with Crippen molar-refractivity contribution in [2.45, 2.75) is 90.1 Å². The molecule has 3 N–H and O–H groups in total. The monoisotopic (exact) mass is 340 g/mol. The van der Waals surface area contributed by atoms with Gasteiger partial charge in [0.15, 0.2) is 0 Å². The Morgan fingerprint density at radius 2 is 1.71 bits per heavy atom. The van der Waals surface area contributed by atoms with Gasteiger partial charge in [-0.05, 0) is 38.5 Å². The summed E-state index contributed by atoms with van der Waals surface area (Å²) in [7, 11) is 0. The third-order valence-electron chi connectivity index (χ3n) is 5.20. The van der Waals surface area contributed by atoms with E-state index in [2.05, 4.69) is 10.6 Å². The fourth-order valence-corrected chi connectivity index (χ4v) is 3.40. The summed E-state index contributed by atoms with van der Waals surface area (Å²) < 4.78 is 0. The summed E-state index contributed by atoms with van der Waals surface area (Å²) in [4.78, 5) is 35.6. The van der Waals surface area contributed by atoms with Crippen molar-refractivity contribution < 1.29 is 19.5 Å². The average molecular weight is 340 g/mol. The molecule has 0 aromatic heterocycles. The molecule has 6 heteroatoms. The Hall–Kier alpha value is -1.59. The highest BCUT2D eigenvalue weighted by molar-refractivity contribution is 5.88. The molecule has 0 aliphatic heterocycles. The van der Waals surface area contributed by atoms with Gasteiger partial charge in [-0.15, -0.1) is 0 Å². The zero-order valence-corrected chi connectivity index (χ0v) is 15.2. The van der Waals surface area contributed by atoms with Crippen LogP contribution in [0.5, 0.6) is 0 Å². The van der Waals surface area contributed by atoms with Crippen LogP contribution in [0.1, 0.15) is 78.6 Å². The van der Waals surface area contributed by atoms with E-state index in [4.69, 9.17) is 5.11 Å². The maximum atomic E-state index is 12.4. The van der Waals surface area contributed by atoms with Crippen LogP contribution in [0.15, 0.2) is 0 Å². The molecular formula is C18H32N2O4. The molecule has 24 heavy (non-hydrogen) atoms. The molecule has 1 atom stereocenters. The van der Waals surface area contributed by atoms with Gasteiger partial charge in [-0.3, -0.25) is 14.4 Å². The van der Waals surface area contributed by atoms with Crippen molar-refractivity contribution in [3.63, 3.8) is 0 Å². The lowest BCUT2D eigenvalue weighted by atomic mass is 9.87. The van der Waals surface area contributed by atoms with Gasteiger partial charge in [0.2, 0.25) is 11.8 Å². The zero-order valence-electron chi connectivity index (χ0n) is 15.2. The average Bonchev–Trinajstić information content (AvgIpc) is 2.54. The fourth-order valence-electron chi connectivity index (χ4n) is 3.40. The minimum atomic E-state index is -0.937. The molecule has 0 spiro atoms. The number of carboxylic acids is 1. The van der Waals surface area contributed by atoms with Crippen molar-refractivity contribution in [3.05, 3.63) is 0 Å².